The molecule has 3 nitrogen and oxygen atoms in total. The van der Waals surface area contributed by atoms with Gasteiger partial charge in [0.15, 0.2) is 0 Å². The van der Waals surface area contributed by atoms with E-state index in [0.29, 0.717) is 5.58 Å². The molecule has 0 aliphatic carbocycles. The fourth-order valence-electron chi connectivity index (χ4n) is 2.78. The van der Waals surface area contributed by atoms with Gasteiger partial charge >= 0.3 is 158 Å². The first-order valence-electron chi connectivity index (χ1n) is 8.36. The van der Waals surface area contributed by atoms with Crippen LogP contribution in [0, 0.1) is 0 Å². The zero-order valence-corrected chi connectivity index (χ0v) is 15.7. The summed E-state index contributed by atoms with van der Waals surface area (Å²) in [5.74, 6) is 0. The van der Waals surface area contributed by atoms with Crippen LogP contribution < -0.4 is 15.4 Å². The van der Waals surface area contributed by atoms with Crippen LogP contribution in [0.4, 0.5) is 11.4 Å². The van der Waals surface area contributed by atoms with Crippen molar-refractivity contribution >= 4 is 41.8 Å². The fourth-order valence-corrected chi connectivity index (χ4v) is 4.82. The summed E-state index contributed by atoms with van der Waals surface area (Å²) in [6.07, 6.45) is 0. The van der Waals surface area contributed by atoms with Crippen LogP contribution in [-0.4, -0.2) is 15.0 Å². The summed E-state index contributed by atoms with van der Waals surface area (Å²) in [4.78, 5) is 12.7. The summed E-state index contributed by atoms with van der Waals surface area (Å²) in [7, 11) is 0. The Kier molecular flexibility index (Phi) is 4.87. The standard InChI is InChI=1S/C22H17NO2Se/c24-22-21(26-15-16-9-3-1-4-10-16)20(23-17-11-5-2-6-12-17)18-13-7-8-14-19(18)25-22/h1-14,23H,15H2. The van der Waals surface area contributed by atoms with Crippen LogP contribution in [0.5, 0.6) is 0 Å². The first-order valence-corrected chi connectivity index (χ1v) is 10.4. The second-order valence-corrected chi connectivity index (χ2v) is 7.92. The molecule has 0 aliphatic rings. The van der Waals surface area contributed by atoms with Gasteiger partial charge in [-0.15, -0.1) is 0 Å². The second kappa shape index (κ2) is 7.61. The van der Waals surface area contributed by atoms with E-state index in [0.717, 1.165) is 26.5 Å². The Labute approximate surface area is 157 Å². The Bertz CT molecular complexity index is 1080. The molecule has 0 spiro atoms. The van der Waals surface area contributed by atoms with Crippen LogP contribution in [-0.2, 0) is 5.32 Å². The van der Waals surface area contributed by atoms with Crippen LogP contribution in [0.1, 0.15) is 5.56 Å². The van der Waals surface area contributed by atoms with E-state index in [1.807, 2.05) is 72.8 Å². The molecule has 1 N–H and O–H groups in total. The van der Waals surface area contributed by atoms with Crippen molar-refractivity contribution in [2.45, 2.75) is 5.32 Å². The van der Waals surface area contributed by atoms with E-state index < -0.39 is 0 Å². The van der Waals surface area contributed by atoms with Crippen molar-refractivity contribution in [3.8, 4) is 0 Å². The number of hydrogen-bond donors (Lipinski definition) is 1. The average molecular weight is 406 g/mol. The number of rotatable bonds is 5. The third-order valence-electron chi connectivity index (χ3n) is 4.04. The minimum atomic E-state index is -0.252. The van der Waals surface area contributed by atoms with Crippen molar-refractivity contribution in [3.63, 3.8) is 0 Å². The topological polar surface area (TPSA) is 42.2 Å². The monoisotopic (exact) mass is 407 g/mol. The minimum absolute atomic E-state index is 0.0386. The van der Waals surface area contributed by atoms with Gasteiger partial charge in [-0.2, -0.15) is 0 Å². The van der Waals surface area contributed by atoms with E-state index in [2.05, 4.69) is 17.4 Å². The fraction of sp³-hybridized carbons (Fsp3) is 0.0455. The maximum atomic E-state index is 12.7. The summed E-state index contributed by atoms with van der Waals surface area (Å²) in [5, 5.41) is 5.23. The van der Waals surface area contributed by atoms with Crippen molar-refractivity contribution in [3.05, 3.63) is 101 Å². The predicted molar refractivity (Wildman–Crippen MR) is 108 cm³/mol. The zero-order chi connectivity index (χ0) is 17.8. The summed E-state index contributed by atoms with van der Waals surface area (Å²) < 4.78 is 6.32. The van der Waals surface area contributed by atoms with Crippen molar-refractivity contribution in [2.24, 2.45) is 0 Å². The summed E-state index contributed by atoms with van der Waals surface area (Å²) in [6.45, 7) is 0. The number of anilines is 2. The van der Waals surface area contributed by atoms with E-state index in [9.17, 15) is 4.79 Å². The Balaban J connectivity index is 1.78. The Morgan fingerprint density at radius 1 is 0.808 bits per heavy atom. The average Bonchev–Trinajstić information content (AvgIpc) is 2.69. The van der Waals surface area contributed by atoms with E-state index in [-0.39, 0.29) is 20.6 Å². The van der Waals surface area contributed by atoms with Gasteiger partial charge in [0.1, 0.15) is 0 Å². The van der Waals surface area contributed by atoms with Gasteiger partial charge in [-0.05, 0) is 0 Å². The molecule has 1 aromatic heterocycles. The molecule has 0 bridgehead atoms. The second-order valence-electron chi connectivity index (χ2n) is 5.86. The molecule has 0 aliphatic heterocycles. The summed E-state index contributed by atoms with van der Waals surface area (Å²) in [5.41, 5.74) is 3.40. The van der Waals surface area contributed by atoms with Gasteiger partial charge in [0.2, 0.25) is 0 Å². The van der Waals surface area contributed by atoms with Gasteiger partial charge in [0.25, 0.3) is 0 Å². The van der Waals surface area contributed by atoms with Crippen molar-refractivity contribution in [1.29, 1.82) is 0 Å². The van der Waals surface area contributed by atoms with Gasteiger partial charge < -0.3 is 0 Å². The molecule has 0 amide bonds. The SMILES string of the molecule is O=c1oc2ccccc2c(Nc2ccccc2)c1[Se]Cc1ccccc1. The van der Waals surface area contributed by atoms with E-state index in [1.165, 1.54) is 5.56 Å². The van der Waals surface area contributed by atoms with Crippen LogP contribution in [0.2, 0.25) is 0 Å². The molecule has 0 saturated carbocycles. The number of benzene rings is 3. The summed E-state index contributed by atoms with van der Waals surface area (Å²) in [6, 6.07) is 27.8. The van der Waals surface area contributed by atoms with Crippen LogP contribution >= 0.6 is 0 Å². The molecule has 0 radical (unpaired) electrons. The predicted octanol–water partition coefficient (Wildman–Crippen LogP) is 4.07. The molecule has 0 fully saturated rings. The van der Waals surface area contributed by atoms with Gasteiger partial charge in [-0.1, -0.05) is 0 Å². The first kappa shape index (κ1) is 16.6. The normalized spacial score (nSPS) is 10.8. The van der Waals surface area contributed by atoms with E-state index in [4.69, 9.17) is 4.42 Å². The van der Waals surface area contributed by atoms with Crippen molar-refractivity contribution in [1.82, 2.24) is 0 Å². The van der Waals surface area contributed by atoms with Crippen molar-refractivity contribution < 1.29 is 4.42 Å². The number of para-hydroxylation sites is 2. The van der Waals surface area contributed by atoms with Gasteiger partial charge in [-0.25, -0.2) is 0 Å². The Morgan fingerprint density at radius 3 is 2.23 bits per heavy atom. The van der Waals surface area contributed by atoms with Crippen LogP contribution in [0.15, 0.2) is 94.1 Å². The third kappa shape index (κ3) is 3.57. The summed E-state index contributed by atoms with van der Waals surface area (Å²) >= 11 is -0.0386. The number of fused-ring (bicyclic) bond motifs is 1. The van der Waals surface area contributed by atoms with Crippen LogP contribution in [0.25, 0.3) is 11.0 Å². The van der Waals surface area contributed by atoms with E-state index in [1.54, 1.807) is 0 Å². The molecule has 0 unspecified atom stereocenters. The molecule has 0 saturated heterocycles. The molecule has 128 valence electrons. The molecule has 0 atom stereocenters. The molecule has 4 rings (SSSR count). The van der Waals surface area contributed by atoms with Gasteiger partial charge in [0, 0.05) is 0 Å². The van der Waals surface area contributed by atoms with Crippen molar-refractivity contribution in [2.75, 3.05) is 5.32 Å². The number of nitrogens with one attached hydrogen (secondary N) is 1. The maximum absolute atomic E-state index is 12.7. The Morgan fingerprint density at radius 2 is 1.46 bits per heavy atom. The quantitative estimate of drug-likeness (QED) is 0.402. The third-order valence-corrected chi connectivity index (χ3v) is 6.43. The van der Waals surface area contributed by atoms with E-state index >= 15 is 0 Å². The first-order chi connectivity index (χ1) is 12.8. The van der Waals surface area contributed by atoms with Gasteiger partial charge in [0.05, 0.1) is 0 Å². The molecule has 4 aromatic rings. The van der Waals surface area contributed by atoms with Gasteiger partial charge in [-0.3, -0.25) is 0 Å². The number of hydrogen-bond acceptors (Lipinski definition) is 3. The Hall–Kier alpha value is -2.81. The molecule has 3 aromatic carbocycles. The molecule has 4 heteroatoms. The zero-order valence-electron chi connectivity index (χ0n) is 14.0. The van der Waals surface area contributed by atoms with Crippen LogP contribution in [0.3, 0.4) is 0 Å². The molecule has 26 heavy (non-hydrogen) atoms. The molecule has 1 heterocycles. The molecular formula is C22H17NO2Se. The molecular weight excluding hydrogens is 389 g/mol.